The third kappa shape index (κ3) is 8.70. The molecule has 0 aliphatic heterocycles. The molecule has 1 aromatic heterocycles. The minimum absolute atomic E-state index is 0.675. The number of hydrogen-bond acceptors (Lipinski definition) is 7. The predicted octanol–water partition coefficient (Wildman–Crippen LogP) is 5.94. The Morgan fingerprint density at radius 2 is 1.42 bits per heavy atom. The summed E-state index contributed by atoms with van der Waals surface area (Å²) in [6.45, 7) is 1.90. The van der Waals surface area contributed by atoms with Crippen LogP contribution >= 0.6 is 23.2 Å². The van der Waals surface area contributed by atoms with E-state index in [0.29, 0.717) is 10.0 Å². The summed E-state index contributed by atoms with van der Waals surface area (Å²) in [5.74, 6) is 1.58. The second-order valence-electron chi connectivity index (χ2n) is 6.16. The topological polar surface area (TPSA) is 93.9 Å². The van der Waals surface area contributed by atoms with E-state index in [4.69, 9.17) is 38.5 Å². The maximum Gasteiger partial charge on any atom is 0.204 e. The number of rotatable bonds is 6. The Kier molecular flexibility index (Phi) is 10.4. The van der Waals surface area contributed by atoms with Gasteiger partial charge >= 0.3 is 0 Å². The van der Waals surface area contributed by atoms with E-state index in [2.05, 4.69) is 31.9 Å². The van der Waals surface area contributed by atoms with E-state index in [1.165, 1.54) is 17.8 Å². The standard InChI is InChI=1S/C20H18Cl2N2O.C2H2O4/c1-14-20(22)19(24-13-23-14)4-2-3-15-5-9-17(10-6-15)25-18-11-7-16(21)8-12-18;3-5-1-2-6-4/h5-13H,2-4H2,1H3;3-4H. The zero-order valence-corrected chi connectivity index (χ0v) is 18.1. The predicted molar refractivity (Wildman–Crippen MR) is 117 cm³/mol. The van der Waals surface area contributed by atoms with Crippen LogP contribution in [0.5, 0.6) is 11.5 Å². The Morgan fingerprint density at radius 1 is 0.839 bits per heavy atom. The van der Waals surface area contributed by atoms with Gasteiger partial charge in [0.05, 0.1) is 16.4 Å². The molecule has 2 N–H and O–H groups in total. The molecule has 3 rings (SSSR count). The van der Waals surface area contributed by atoms with E-state index < -0.39 is 0 Å². The number of ether oxygens (including phenoxy) is 1. The summed E-state index contributed by atoms with van der Waals surface area (Å²) in [4.78, 5) is 14.6. The lowest BCUT2D eigenvalue weighted by atomic mass is 10.1. The van der Waals surface area contributed by atoms with Crippen LogP contribution in [0.25, 0.3) is 0 Å². The molecule has 0 aliphatic carbocycles. The quantitative estimate of drug-likeness (QED) is 0.265. The lowest BCUT2D eigenvalue weighted by Crippen LogP contribution is -1.97. The van der Waals surface area contributed by atoms with E-state index >= 15 is 0 Å². The van der Waals surface area contributed by atoms with E-state index in [9.17, 15) is 0 Å². The second kappa shape index (κ2) is 13.3. The highest BCUT2D eigenvalue weighted by molar-refractivity contribution is 6.31. The Hall–Kier alpha value is -3.02. The normalized spacial score (nSPS) is 9.58. The first-order valence-corrected chi connectivity index (χ1v) is 9.88. The number of hydrogen-bond donors (Lipinski definition) is 2. The van der Waals surface area contributed by atoms with Crippen LogP contribution in [0.1, 0.15) is 23.4 Å². The fourth-order valence-corrected chi connectivity index (χ4v) is 2.86. The molecular formula is C22H20Cl2N2O5. The van der Waals surface area contributed by atoms with Gasteiger partial charge in [0.25, 0.3) is 0 Å². The Labute approximate surface area is 190 Å². The minimum atomic E-state index is 0.675. The van der Waals surface area contributed by atoms with Crippen molar-refractivity contribution in [2.45, 2.75) is 26.2 Å². The van der Waals surface area contributed by atoms with Crippen LogP contribution < -0.4 is 4.74 Å². The van der Waals surface area contributed by atoms with E-state index in [1.807, 2.05) is 43.3 Å². The molecule has 0 saturated carbocycles. The molecule has 0 bridgehead atoms. The largest absolute Gasteiger partial charge is 0.457 e. The van der Waals surface area contributed by atoms with Gasteiger partial charge in [-0.2, -0.15) is 10.5 Å². The van der Waals surface area contributed by atoms with Gasteiger partial charge in [-0.05, 0) is 68.1 Å². The van der Waals surface area contributed by atoms with Crippen molar-refractivity contribution in [3.8, 4) is 23.7 Å². The van der Waals surface area contributed by atoms with E-state index in [1.54, 1.807) is 6.33 Å². The summed E-state index contributed by atoms with van der Waals surface area (Å²) < 4.78 is 5.80. The third-order valence-electron chi connectivity index (χ3n) is 4.02. The molecule has 1 heterocycles. The summed E-state index contributed by atoms with van der Waals surface area (Å²) in [5, 5.41) is 16.0. The van der Waals surface area contributed by atoms with Crippen LogP contribution in [0.3, 0.4) is 0 Å². The van der Waals surface area contributed by atoms with Gasteiger partial charge < -0.3 is 4.74 Å². The summed E-state index contributed by atoms with van der Waals surface area (Å²) >= 11 is 12.1. The highest BCUT2D eigenvalue weighted by atomic mass is 35.5. The van der Waals surface area contributed by atoms with Crippen molar-refractivity contribution >= 4 is 23.2 Å². The highest BCUT2D eigenvalue weighted by Crippen LogP contribution is 2.24. The number of halogens is 2. The molecule has 0 radical (unpaired) electrons. The van der Waals surface area contributed by atoms with Gasteiger partial charge in [-0.1, -0.05) is 35.3 Å². The summed E-state index contributed by atoms with van der Waals surface area (Å²) in [5.41, 5.74) is 3.00. The molecule has 0 spiro atoms. The van der Waals surface area contributed by atoms with Crippen molar-refractivity contribution in [1.29, 1.82) is 0 Å². The number of aryl methyl sites for hydroxylation is 3. The maximum atomic E-state index is 7.33. The molecule has 0 fully saturated rings. The maximum absolute atomic E-state index is 7.33. The fraction of sp³-hybridized carbons (Fsp3) is 0.182. The Morgan fingerprint density at radius 3 is 2.00 bits per heavy atom. The zero-order valence-electron chi connectivity index (χ0n) is 16.6. The monoisotopic (exact) mass is 462 g/mol. The number of nitrogens with zero attached hydrogens (tertiary/aromatic N) is 2. The lowest BCUT2D eigenvalue weighted by molar-refractivity contribution is -0.188. The Bertz CT molecular complexity index is 995. The summed E-state index contributed by atoms with van der Waals surface area (Å²) in [6, 6.07) is 15.4. The first kappa shape index (κ1) is 24.3. The van der Waals surface area contributed by atoms with Crippen LogP contribution in [0.2, 0.25) is 10.0 Å². The molecule has 0 amide bonds. The SMILES string of the molecule is Cc1ncnc(CCCc2ccc(Oc3ccc(Cl)cc3)cc2)c1Cl.OOC#COO. The molecule has 2 aromatic carbocycles. The molecule has 7 nitrogen and oxygen atoms in total. The second-order valence-corrected chi connectivity index (χ2v) is 6.97. The average Bonchev–Trinajstić information content (AvgIpc) is 2.78. The number of aromatic nitrogens is 2. The van der Waals surface area contributed by atoms with Gasteiger partial charge in [0.15, 0.2) is 0 Å². The van der Waals surface area contributed by atoms with Crippen LogP contribution in [0.4, 0.5) is 0 Å². The van der Waals surface area contributed by atoms with Gasteiger partial charge in [-0.3, -0.25) is 9.78 Å². The molecule has 0 atom stereocenters. The van der Waals surface area contributed by atoms with Gasteiger partial charge in [-0.25, -0.2) is 9.97 Å². The third-order valence-corrected chi connectivity index (χ3v) is 4.76. The molecule has 3 aromatic rings. The van der Waals surface area contributed by atoms with Gasteiger partial charge in [0.2, 0.25) is 12.2 Å². The molecular weight excluding hydrogens is 443 g/mol. The van der Waals surface area contributed by atoms with Crippen molar-refractivity contribution < 1.29 is 25.0 Å². The summed E-state index contributed by atoms with van der Waals surface area (Å²) in [6.07, 6.45) is 7.41. The lowest BCUT2D eigenvalue weighted by Gasteiger charge is -2.08. The highest BCUT2D eigenvalue weighted by Gasteiger charge is 2.06. The van der Waals surface area contributed by atoms with Crippen molar-refractivity contribution in [3.05, 3.63) is 81.9 Å². The van der Waals surface area contributed by atoms with Crippen molar-refractivity contribution in [2.75, 3.05) is 0 Å². The van der Waals surface area contributed by atoms with Crippen molar-refractivity contribution in [2.24, 2.45) is 0 Å². The molecule has 0 unspecified atom stereocenters. The molecule has 9 heteroatoms. The molecule has 162 valence electrons. The zero-order chi connectivity index (χ0) is 22.5. The van der Waals surface area contributed by atoms with Crippen molar-refractivity contribution in [3.63, 3.8) is 0 Å². The first-order chi connectivity index (χ1) is 15.0. The minimum Gasteiger partial charge on any atom is -0.457 e. The van der Waals surface area contributed by atoms with Crippen LogP contribution in [-0.2, 0) is 22.6 Å². The summed E-state index contributed by atoms with van der Waals surface area (Å²) in [7, 11) is 0. The van der Waals surface area contributed by atoms with Crippen LogP contribution in [0, 0.1) is 19.1 Å². The van der Waals surface area contributed by atoms with Gasteiger partial charge in [0, 0.05) is 5.02 Å². The van der Waals surface area contributed by atoms with Gasteiger partial charge in [0.1, 0.15) is 17.8 Å². The molecule has 0 aliphatic rings. The van der Waals surface area contributed by atoms with Crippen LogP contribution in [-0.4, -0.2) is 20.5 Å². The smallest absolute Gasteiger partial charge is 0.204 e. The number of benzene rings is 2. The van der Waals surface area contributed by atoms with Crippen LogP contribution in [0.15, 0.2) is 54.9 Å². The van der Waals surface area contributed by atoms with Gasteiger partial charge in [-0.15, -0.1) is 0 Å². The fourth-order valence-electron chi connectivity index (χ4n) is 2.54. The van der Waals surface area contributed by atoms with E-state index in [0.717, 1.165) is 42.1 Å². The molecule has 31 heavy (non-hydrogen) atoms. The Balaban J connectivity index is 0.000000501. The molecule has 0 saturated heterocycles. The first-order valence-electron chi connectivity index (χ1n) is 9.12. The average molecular weight is 463 g/mol. The van der Waals surface area contributed by atoms with Crippen molar-refractivity contribution in [1.82, 2.24) is 9.97 Å². The van der Waals surface area contributed by atoms with E-state index in [-0.39, 0.29) is 0 Å².